The van der Waals surface area contributed by atoms with Gasteiger partial charge in [0.2, 0.25) is 17.6 Å². The van der Waals surface area contributed by atoms with Crippen molar-refractivity contribution in [3.05, 3.63) is 30.0 Å². The number of nitrogens with two attached hydrogens (primary N) is 1. The van der Waals surface area contributed by atoms with Crippen LogP contribution in [0.4, 0.5) is 10.1 Å². The van der Waals surface area contributed by atoms with E-state index < -0.39 is 24.7 Å². The second kappa shape index (κ2) is 11.4. The number of carbonyl (C=O) groups excluding carboxylic acids is 2. The third-order valence-electron chi connectivity index (χ3n) is 9.15. The zero-order chi connectivity index (χ0) is 26.8. The molecule has 1 aromatic heterocycles. The first kappa shape index (κ1) is 26.7. The van der Waals surface area contributed by atoms with Crippen molar-refractivity contribution < 1.29 is 28.3 Å². The van der Waals surface area contributed by atoms with Crippen molar-refractivity contribution in [3.8, 4) is 0 Å². The van der Waals surface area contributed by atoms with Crippen LogP contribution in [0, 0.1) is 23.7 Å². The second-order valence-electron chi connectivity index (χ2n) is 11.4. The summed E-state index contributed by atoms with van der Waals surface area (Å²) in [6.07, 6.45) is 9.36. The molecule has 206 valence electrons. The monoisotopic (exact) mass is 527 g/mol. The predicted octanol–water partition coefficient (Wildman–Crippen LogP) is 4.97. The molecule has 38 heavy (non-hydrogen) atoms. The molecule has 0 radical (unpaired) electrons. The fraction of sp³-hybridized carbons (Fsp3) is 0.621. The van der Waals surface area contributed by atoms with Gasteiger partial charge >= 0.3 is 5.97 Å². The molecule has 2 heterocycles. The van der Waals surface area contributed by atoms with Crippen LogP contribution >= 0.6 is 0 Å². The summed E-state index contributed by atoms with van der Waals surface area (Å²) in [5.41, 5.74) is 6.90. The van der Waals surface area contributed by atoms with Gasteiger partial charge < -0.3 is 25.5 Å². The van der Waals surface area contributed by atoms with Crippen molar-refractivity contribution in [1.29, 1.82) is 0 Å². The van der Waals surface area contributed by atoms with Crippen LogP contribution in [0.25, 0.3) is 11.0 Å². The van der Waals surface area contributed by atoms with Gasteiger partial charge in [0, 0.05) is 29.6 Å². The number of likely N-dealkylation sites (tertiary alicyclic amines) is 1. The molecule has 4 N–H and O–H groups in total. The minimum atomic E-state index is -1.15. The van der Waals surface area contributed by atoms with Crippen molar-refractivity contribution in [1.82, 2.24) is 4.90 Å². The lowest BCUT2D eigenvalue weighted by atomic mass is 9.76. The molecule has 1 aliphatic heterocycles. The number of aromatic carboxylic acids is 1. The Balaban J connectivity index is 1.34. The minimum Gasteiger partial charge on any atom is -0.475 e. The number of carboxylic acid groups (broad SMARTS) is 1. The first-order valence-electron chi connectivity index (χ1n) is 14.1. The Morgan fingerprint density at radius 1 is 1.05 bits per heavy atom. The number of alkyl halides is 1. The standard InChI is InChI=1S/C29H38FN3O5/c30-16-23(31)18-6-8-19(9-7-18)28(35)33-13-12-22(17-4-2-1-3-5-17)26(33)27(34)32-21-10-11-24-20(14-21)15-25(38-24)29(36)37/h10-11,14-15,17-19,22-23,26H,1-9,12-13,16,31H2,(H,32,34)(H,36,37)/t18-,19-,22-,23-,26-/m0/s1. The normalized spacial score (nSPS) is 27.4. The lowest BCUT2D eigenvalue weighted by Crippen LogP contribution is -2.50. The van der Waals surface area contributed by atoms with Crippen molar-refractivity contribution in [2.24, 2.45) is 29.4 Å². The summed E-state index contributed by atoms with van der Waals surface area (Å²) in [7, 11) is 0. The third kappa shape index (κ3) is 5.44. The second-order valence-corrected chi connectivity index (χ2v) is 11.4. The van der Waals surface area contributed by atoms with E-state index in [1.807, 2.05) is 4.90 Å². The highest BCUT2D eigenvalue weighted by atomic mass is 19.1. The minimum absolute atomic E-state index is 0.0344. The first-order valence-corrected chi connectivity index (χ1v) is 14.1. The van der Waals surface area contributed by atoms with E-state index in [1.54, 1.807) is 18.2 Å². The fourth-order valence-corrected chi connectivity index (χ4v) is 7.05. The summed E-state index contributed by atoms with van der Waals surface area (Å²) in [5, 5.41) is 12.8. The molecule has 9 heteroatoms. The van der Waals surface area contributed by atoms with E-state index in [9.17, 15) is 23.9 Å². The topological polar surface area (TPSA) is 126 Å². The van der Waals surface area contributed by atoms with Gasteiger partial charge in [0.05, 0.1) is 0 Å². The maximum Gasteiger partial charge on any atom is 0.371 e. The van der Waals surface area contributed by atoms with Gasteiger partial charge in [0.1, 0.15) is 18.3 Å². The maximum atomic E-state index is 13.8. The molecule has 2 amide bonds. The van der Waals surface area contributed by atoms with E-state index in [0.29, 0.717) is 42.0 Å². The predicted molar refractivity (Wildman–Crippen MR) is 141 cm³/mol. The number of anilines is 1. The third-order valence-corrected chi connectivity index (χ3v) is 9.15. The Hall–Kier alpha value is -2.94. The van der Waals surface area contributed by atoms with Crippen LogP contribution in [0.1, 0.15) is 74.8 Å². The summed E-state index contributed by atoms with van der Waals surface area (Å²) >= 11 is 0. The van der Waals surface area contributed by atoms with Gasteiger partial charge in [-0.15, -0.1) is 0 Å². The number of halogens is 1. The molecular formula is C29H38FN3O5. The fourth-order valence-electron chi connectivity index (χ4n) is 7.05. The first-order chi connectivity index (χ1) is 18.4. The van der Waals surface area contributed by atoms with Gasteiger partial charge in [0.15, 0.2) is 0 Å². The highest BCUT2D eigenvalue weighted by Crippen LogP contribution is 2.41. The number of carboxylic acids is 1. The quantitative estimate of drug-likeness (QED) is 0.467. The van der Waals surface area contributed by atoms with E-state index in [0.717, 1.165) is 44.9 Å². The highest BCUT2D eigenvalue weighted by molar-refractivity contribution is 6.00. The summed E-state index contributed by atoms with van der Waals surface area (Å²) in [4.78, 5) is 40.7. The molecule has 0 spiro atoms. The number of hydrogen-bond acceptors (Lipinski definition) is 5. The molecule has 1 aromatic carbocycles. The van der Waals surface area contributed by atoms with Crippen LogP contribution in [0.3, 0.4) is 0 Å². The van der Waals surface area contributed by atoms with Crippen LogP contribution in [0.5, 0.6) is 0 Å². The lowest BCUT2D eigenvalue weighted by molar-refractivity contribution is -0.142. The van der Waals surface area contributed by atoms with E-state index in [-0.39, 0.29) is 35.3 Å². The Morgan fingerprint density at radius 2 is 1.79 bits per heavy atom. The molecule has 3 fully saturated rings. The van der Waals surface area contributed by atoms with Crippen LogP contribution in [-0.4, -0.2) is 53.1 Å². The van der Waals surface area contributed by atoms with E-state index in [1.165, 1.54) is 12.5 Å². The molecule has 3 aliphatic rings. The van der Waals surface area contributed by atoms with E-state index in [2.05, 4.69) is 5.32 Å². The molecule has 5 rings (SSSR count). The highest BCUT2D eigenvalue weighted by Gasteiger charge is 2.47. The number of fused-ring (bicyclic) bond motifs is 1. The van der Waals surface area contributed by atoms with E-state index in [4.69, 9.17) is 10.2 Å². The number of carbonyl (C=O) groups is 3. The smallest absolute Gasteiger partial charge is 0.371 e. The average Bonchev–Trinajstić information content (AvgIpc) is 3.58. The molecule has 1 saturated heterocycles. The van der Waals surface area contributed by atoms with Gasteiger partial charge in [-0.1, -0.05) is 32.1 Å². The summed E-state index contributed by atoms with van der Waals surface area (Å²) in [6, 6.07) is 5.48. The lowest BCUT2D eigenvalue weighted by Gasteiger charge is -2.36. The molecule has 3 atom stereocenters. The molecule has 2 aliphatic carbocycles. The van der Waals surface area contributed by atoms with Crippen LogP contribution < -0.4 is 11.1 Å². The Labute approximate surface area is 222 Å². The largest absolute Gasteiger partial charge is 0.475 e. The average molecular weight is 528 g/mol. The molecule has 0 unspecified atom stereocenters. The van der Waals surface area contributed by atoms with Gasteiger partial charge in [-0.3, -0.25) is 9.59 Å². The SMILES string of the molecule is N[C@@H](CF)[C@H]1CC[C@H](C(=O)N2CC[C@@H](C3CCCCC3)[C@H]2C(=O)Nc2ccc3oc(C(=O)O)cc3c2)CC1. The van der Waals surface area contributed by atoms with Crippen molar-refractivity contribution in [2.45, 2.75) is 76.3 Å². The van der Waals surface area contributed by atoms with Crippen molar-refractivity contribution >= 4 is 34.4 Å². The molecular weight excluding hydrogens is 489 g/mol. The van der Waals surface area contributed by atoms with Gasteiger partial charge in [-0.25, -0.2) is 9.18 Å². The number of rotatable bonds is 7. The van der Waals surface area contributed by atoms with Crippen LogP contribution in [-0.2, 0) is 9.59 Å². The van der Waals surface area contributed by atoms with Crippen molar-refractivity contribution in [2.75, 3.05) is 18.5 Å². The zero-order valence-electron chi connectivity index (χ0n) is 21.7. The van der Waals surface area contributed by atoms with Crippen molar-refractivity contribution in [3.63, 3.8) is 0 Å². The van der Waals surface area contributed by atoms with Gasteiger partial charge in [-0.2, -0.15) is 0 Å². The number of hydrogen-bond donors (Lipinski definition) is 3. The number of benzene rings is 1. The van der Waals surface area contributed by atoms with Crippen LogP contribution in [0.15, 0.2) is 28.7 Å². The maximum absolute atomic E-state index is 13.8. The van der Waals surface area contributed by atoms with Gasteiger partial charge in [-0.05, 0) is 74.1 Å². The Kier molecular flexibility index (Phi) is 8.02. The number of nitrogens with one attached hydrogen (secondary N) is 1. The van der Waals surface area contributed by atoms with Gasteiger partial charge in [0.25, 0.3) is 0 Å². The number of furan rings is 1. The van der Waals surface area contributed by atoms with Crippen LogP contribution in [0.2, 0.25) is 0 Å². The number of nitrogens with zero attached hydrogens (tertiary/aromatic N) is 1. The number of amides is 2. The Morgan fingerprint density at radius 3 is 2.47 bits per heavy atom. The summed E-state index contributed by atoms with van der Waals surface area (Å²) in [5.74, 6) is -0.977. The zero-order valence-corrected chi connectivity index (χ0v) is 21.7. The molecule has 2 aromatic rings. The Bertz CT molecular complexity index is 1170. The molecule has 0 bridgehead atoms. The summed E-state index contributed by atoms with van der Waals surface area (Å²) in [6.45, 7) is 0.0354. The molecule has 8 nitrogen and oxygen atoms in total. The summed E-state index contributed by atoms with van der Waals surface area (Å²) < 4.78 is 18.4. The van der Waals surface area contributed by atoms with E-state index >= 15 is 0 Å². The molecule has 2 saturated carbocycles.